The van der Waals surface area contributed by atoms with Crippen LogP contribution in [0.4, 0.5) is 0 Å². The Morgan fingerprint density at radius 1 is 1.56 bits per heavy atom. The molecule has 5 nitrogen and oxygen atoms in total. The van der Waals surface area contributed by atoms with E-state index in [1.165, 1.54) is 10.6 Å². The molecule has 0 aromatic carbocycles. The Morgan fingerprint density at radius 2 is 2.22 bits per heavy atom. The first kappa shape index (κ1) is 14.6. The molecule has 1 aromatic heterocycles. The number of amides is 1. The van der Waals surface area contributed by atoms with E-state index in [0.29, 0.717) is 18.5 Å². The summed E-state index contributed by atoms with van der Waals surface area (Å²) in [6, 6.07) is 2.90. The van der Waals surface area contributed by atoms with Gasteiger partial charge in [-0.1, -0.05) is 6.92 Å². The largest absolute Gasteiger partial charge is 0.352 e. The second-order valence-electron chi connectivity index (χ2n) is 4.22. The third-order valence-corrected chi connectivity index (χ3v) is 4.14. The maximum Gasteiger partial charge on any atom is 0.251 e. The third-order valence-electron chi connectivity index (χ3n) is 2.77. The van der Waals surface area contributed by atoms with Crippen LogP contribution in [-0.2, 0) is 17.8 Å². The van der Waals surface area contributed by atoms with E-state index in [4.69, 9.17) is 0 Å². The summed E-state index contributed by atoms with van der Waals surface area (Å²) in [7, 11) is 0.746. The molecule has 0 aliphatic rings. The normalized spacial score (nSPS) is 13.9. The summed E-state index contributed by atoms with van der Waals surface area (Å²) in [5.41, 5.74) is 0.133. The predicted molar refractivity (Wildman–Crippen MR) is 72.2 cm³/mol. The van der Waals surface area contributed by atoms with Crippen LogP contribution in [0.2, 0.25) is 0 Å². The molecule has 0 bridgehead atoms. The Kier molecular flexibility index (Phi) is 5.27. The molecule has 100 valence electrons. The van der Waals surface area contributed by atoms with Gasteiger partial charge in [0.25, 0.3) is 11.5 Å². The minimum Gasteiger partial charge on any atom is -0.352 e. The lowest BCUT2D eigenvalue weighted by molar-refractivity contribution is 0.0953. The summed E-state index contributed by atoms with van der Waals surface area (Å²) in [6.07, 6.45) is 3.86. The molecule has 0 fully saturated rings. The molecular formula is C12H18N2O3S. The molecule has 1 rings (SSSR count). The summed E-state index contributed by atoms with van der Waals surface area (Å²) in [5.74, 6) is -0.276. The number of pyridine rings is 1. The van der Waals surface area contributed by atoms with Crippen molar-refractivity contribution in [1.82, 2.24) is 9.88 Å². The quantitative estimate of drug-likeness (QED) is 0.835. The number of carbonyl (C=O) groups is 1. The zero-order chi connectivity index (χ0) is 13.7. The van der Waals surface area contributed by atoms with Crippen LogP contribution in [-0.4, -0.2) is 32.7 Å². The monoisotopic (exact) mass is 270 g/mol. The first-order valence-corrected chi connectivity index (χ1v) is 7.31. The summed E-state index contributed by atoms with van der Waals surface area (Å²) >= 11 is 0. The predicted octanol–water partition coefficient (Wildman–Crippen LogP) is 0.272. The maximum atomic E-state index is 11.7. The van der Waals surface area contributed by atoms with E-state index >= 15 is 0 Å². The van der Waals surface area contributed by atoms with Gasteiger partial charge in [-0.2, -0.15) is 0 Å². The number of nitrogens with zero attached hydrogens (tertiary/aromatic N) is 1. The van der Waals surface area contributed by atoms with Crippen LogP contribution in [0.25, 0.3) is 0 Å². The molecule has 0 saturated heterocycles. The summed E-state index contributed by atoms with van der Waals surface area (Å²) < 4.78 is 12.5. The standard InChI is InChI=1S/C12H18N2O3S/c1-9(18(3)17)4-6-13-12(16)10-5-7-14(2)11(15)8-10/h5,7-9H,4,6H2,1-3H3,(H,13,16). The van der Waals surface area contributed by atoms with Crippen LogP contribution >= 0.6 is 0 Å². The highest BCUT2D eigenvalue weighted by atomic mass is 32.2. The van der Waals surface area contributed by atoms with Crippen molar-refractivity contribution in [3.8, 4) is 0 Å². The van der Waals surface area contributed by atoms with Crippen molar-refractivity contribution in [2.75, 3.05) is 12.8 Å². The highest BCUT2D eigenvalue weighted by Gasteiger charge is 2.09. The average Bonchev–Trinajstić information content (AvgIpc) is 2.32. The van der Waals surface area contributed by atoms with E-state index in [0.717, 1.165) is 0 Å². The van der Waals surface area contributed by atoms with Crippen LogP contribution in [0.1, 0.15) is 23.7 Å². The highest BCUT2D eigenvalue weighted by molar-refractivity contribution is 7.84. The number of aryl methyl sites for hydroxylation is 1. The lowest BCUT2D eigenvalue weighted by Gasteiger charge is -2.09. The van der Waals surface area contributed by atoms with Crippen LogP contribution in [0.3, 0.4) is 0 Å². The van der Waals surface area contributed by atoms with Gasteiger partial charge in [-0.25, -0.2) is 0 Å². The third kappa shape index (κ3) is 4.10. The molecule has 0 aliphatic heterocycles. The van der Waals surface area contributed by atoms with E-state index in [-0.39, 0.29) is 16.7 Å². The number of nitrogens with one attached hydrogen (secondary N) is 1. The van der Waals surface area contributed by atoms with Gasteiger partial charge in [0.05, 0.1) is 0 Å². The summed E-state index contributed by atoms with van der Waals surface area (Å²) in [5, 5.41) is 2.76. The minimum absolute atomic E-state index is 0.0499. The van der Waals surface area contributed by atoms with Crippen LogP contribution in [0.15, 0.2) is 23.1 Å². The van der Waals surface area contributed by atoms with Crippen molar-refractivity contribution >= 4 is 16.7 Å². The van der Waals surface area contributed by atoms with E-state index in [9.17, 15) is 13.8 Å². The number of aromatic nitrogens is 1. The Balaban J connectivity index is 2.53. The lowest BCUT2D eigenvalue weighted by atomic mass is 10.2. The van der Waals surface area contributed by atoms with Crippen molar-refractivity contribution in [3.63, 3.8) is 0 Å². The molecule has 2 unspecified atom stereocenters. The maximum absolute atomic E-state index is 11.7. The van der Waals surface area contributed by atoms with Gasteiger partial charge in [-0.05, 0) is 12.5 Å². The van der Waals surface area contributed by atoms with Crippen molar-refractivity contribution < 1.29 is 9.00 Å². The molecular weight excluding hydrogens is 252 g/mol. The molecule has 1 heterocycles. The fourth-order valence-corrected chi connectivity index (χ4v) is 1.80. The van der Waals surface area contributed by atoms with Gasteiger partial charge in [0.1, 0.15) is 0 Å². The zero-order valence-electron chi connectivity index (χ0n) is 10.8. The number of hydrogen-bond acceptors (Lipinski definition) is 3. The van der Waals surface area contributed by atoms with E-state index in [2.05, 4.69) is 5.32 Å². The minimum atomic E-state index is -0.881. The van der Waals surface area contributed by atoms with Crippen molar-refractivity contribution in [2.24, 2.45) is 7.05 Å². The summed E-state index contributed by atoms with van der Waals surface area (Å²) in [4.78, 5) is 23.1. The average molecular weight is 270 g/mol. The fraction of sp³-hybridized carbons (Fsp3) is 0.500. The summed E-state index contributed by atoms with van der Waals surface area (Å²) in [6.45, 7) is 2.33. The van der Waals surface area contributed by atoms with E-state index < -0.39 is 10.8 Å². The highest BCUT2D eigenvalue weighted by Crippen LogP contribution is 1.99. The molecule has 1 N–H and O–H groups in total. The Hall–Kier alpha value is -1.43. The van der Waals surface area contributed by atoms with E-state index in [1.54, 1.807) is 25.6 Å². The second kappa shape index (κ2) is 6.49. The first-order valence-electron chi connectivity index (χ1n) is 5.69. The molecule has 0 saturated carbocycles. The van der Waals surface area contributed by atoms with Crippen molar-refractivity contribution in [2.45, 2.75) is 18.6 Å². The molecule has 1 aromatic rings. The first-order chi connectivity index (χ1) is 8.41. The fourth-order valence-electron chi connectivity index (χ4n) is 1.35. The Morgan fingerprint density at radius 3 is 2.78 bits per heavy atom. The molecule has 0 aliphatic carbocycles. The number of carbonyl (C=O) groups excluding carboxylic acids is 1. The SMILES string of the molecule is CC(CCNC(=O)c1ccn(C)c(=O)c1)S(C)=O. The van der Waals surface area contributed by atoms with Gasteiger partial charge >= 0.3 is 0 Å². The number of hydrogen-bond donors (Lipinski definition) is 1. The van der Waals surface area contributed by atoms with Crippen LogP contribution in [0, 0.1) is 0 Å². The molecule has 2 atom stereocenters. The number of rotatable bonds is 5. The lowest BCUT2D eigenvalue weighted by Crippen LogP contribution is -2.29. The smallest absolute Gasteiger partial charge is 0.251 e. The molecule has 0 radical (unpaired) electrons. The van der Waals surface area contributed by atoms with Crippen molar-refractivity contribution in [1.29, 1.82) is 0 Å². The van der Waals surface area contributed by atoms with Crippen molar-refractivity contribution in [3.05, 3.63) is 34.2 Å². The zero-order valence-corrected chi connectivity index (χ0v) is 11.6. The van der Waals surface area contributed by atoms with E-state index in [1.807, 2.05) is 6.92 Å². The van der Waals surface area contributed by atoms with Gasteiger partial charge in [0, 0.05) is 53.7 Å². The second-order valence-corrected chi connectivity index (χ2v) is 6.02. The van der Waals surface area contributed by atoms with Gasteiger partial charge in [0.2, 0.25) is 0 Å². The molecule has 18 heavy (non-hydrogen) atoms. The topological polar surface area (TPSA) is 68.2 Å². The molecule has 0 spiro atoms. The van der Waals surface area contributed by atoms with Gasteiger partial charge in [0.15, 0.2) is 0 Å². The van der Waals surface area contributed by atoms with Gasteiger partial charge in [-0.3, -0.25) is 13.8 Å². The van der Waals surface area contributed by atoms with Gasteiger partial charge < -0.3 is 9.88 Å². The molecule has 6 heteroatoms. The van der Waals surface area contributed by atoms with Crippen LogP contribution in [0.5, 0.6) is 0 Å². The molecule has 1 amide bonds. The van der Waals surface area contributed by atoms with Gasteiger partial charge in [-0.15, -0.1) is 0 Å². The van der Waals surface area contributed by atoms with Crippen LogP contribution < -0.4 is 10.9 Å². The Labute approximate surface area is 109 Å². The Bertz CT molecular complexity index is 510.